The van der Waals surface area contributed by atoms with Crippen LogP contribution < -0.4 is 0 Å². The molecular formula is C10H8Cl2N2. The normalized spacial score (nSPS) is 10.5. The third-order valence-electron chi connectivity index (χ3n) is 2.05. The predicted molar refractivity (Wildman–Crippen MR) is 58.7 cm³/mol. The lowest BCUT2D eigenvalue weighted by Crippen LogP contribution is -1.93. The van der Waals surface area contributed by atoms with Gasteiger partial charge in [-0.15, -0.1) is 0 Å². The Morgan fingerprint density at radius 3 is 2.64 bits per heavy atom. The van der Waals surface area contributed by atoms with E-state index in [1.165, 1.54) is 0 Å². The molecule has 4 heteroatoms. The number of rotatable bonds is 1. The third kappa shape index (κ3) is 1.51. The Morgan fingerprint density at radius 1 is 1.21 bits per heavy atom. The summed E-state index contributed by atoms with van der Waals surface area (Å²) in [5, 5.41) is 5.21. The summed E-state index contributed by atoms with van der Waals surface area (Å²) in [5.41, 5.74) is 1.86. The Labute approximate surface area is 92.1 Å². The summed E-state index contributed by atoms with van der Waals surface area (Å²) in [4.78, 5) is 0. The van der Waals surface area contributed by atoms with Crippen LogP contribution in [-0.4, -0.2) is 9.78 Å². The maximum atomic E-state index is 6.08. The van der Waals surface area contributed by atoms with Gasteiger partial charge < -0.3 is 0 Å². The fourth-order valence-electron chi connectivity index (χ4n) is 1.34. The van der Waals surface area contributed by atoms with Gasteiger partial charge in [-0.05, 0) is 12.1 Å². The summed E-state index contributed by atoms with van der Waals surface area (Å²) in [6.07, 6.45) is 1.73. The number of benzene rings is 1. The lowest BCUT2D eigenvalue weighted by atomic mass is 10.1. The molecule has 0 unspecified atom stereocenters. The van der Waals surface area contributed by atoms with Gasteiger partial charge in [0.1, 0.15) is 0 Å². The van der Waals surface area contributed by atoms with E-state index in [2.05, 4.69) is 5.10 Å². The molecule has 1 aromatic heterocycles. The SMILES string of the molecule is Cn1nccc1-c1cccc(Cl)c1Cl. The summed E-state index contributed by atoms with van der Waals surface area (Å²) >= 11 is 12.0. The molecule has 0 N–H and O–H groups in total. The average molecular weight is 227 g/mol. The second-order valence-corrected chi connectivity index (χ2v) is 3.73. The van der Waals surface area contributed by atoms with Gasteiger partial charge in [-0.3, -0.25) is 4.68 Å². The molecule has 0 aliphatic heterocycles. The monoisotopic (exact) mass is 226 g/mol. The average Bonchev–Trinajstić information content (AvgIpc) is 2.57. The minimum atomic E-state index is 0.561. The summed E-state index contributed by atoms with van der Waals surface area (Å²) in [7, 11) is 1.87. The molecule has 0 bridgehead atoms. The topological polar surface area (TPSA) is 17.8 Å². The molecule has 0 fully saturated rings. The van der Waals surface area contributed by atoms with Crippen molar-refractivity contribution in [2.24, 2.45) is 7.05 Å². The van der Waals surface area contributed by atoms with Crippen LogP contribution in [0.4, 0.5) is 0 Å². The Balaban J connectivity index is 2.63. The van der Waals surface area contributed by atoms with Crippen LogP contribution in [0, 0.1) is 0 Å². The van der Waals surface area contributed by atoms with Crippen molar-refractivity contribution in [3.05, 3.63) is 40.5 Å². The van der Waals surface area contributed by atoms with Crippen LogP contribution in [-0.2, 0) is 7.05 Å². The molecule has 0 amide bonds. The molecule has 72 valence electrons. The van der Waals surface area contributed by atoms with Gasteiger partial charge in [0.2, 0.25) is 0 Å². The smallest absolute Gasteiger partial charge is 0.0694 e. The highest BCUT2D eigenvalue weighted by Gasteiger charge is 2.08. The fraction of sp³-hybridized carbons (Fsp3) is 0.100. The zero-order chi connectivity index (χ0) is 10.1. The Bertz CT molecular complexity index is 463. The van der Waals surface area contributed by atoms with Gasteiger partial charge in [0.15, 0.2) is 0 Å². The highest BCUT2D eigenvalue weighted by Crippen LogP contribution is 2.32. The quantitative estimate of drug-likeness (QED) is 0.730. The molecule has 2 aromatic rings. The van der Waals surface area contributed by atoms with E-state index in [4.69, 9.17) is 23.2 Å². The van der Waals surface area contributed by atoms with Crippen LogP contribution in [0.5, 0.6) is 0 Å². The molecule has 2 rings (SSSR count). The number of halogens is 2. The lowest BCUT2D eigenvalue weighted by Gasteiger charge is -2.05. The van der Waals surface area contributed by atoms with E-state index in [1.807, 2.05) is 25.2 Å². The van der Waals surface area contributed by atoms with Crippen LogP contribution in [0.15, 0.2) is 30.5 Å². The fourth-order valence-corrected chi connectivity index (χ4v) is 1.74. The van der Waals surface area contributed by atoms with E-state index in [-0.39, 0.29) is 0 Å². The van der Waals surface area contributed by atoms with Crippen molar-refractivity contribution in [1.29, 1.82) is 0 Å². The van der Waals surface area contributed by atoms with Crippen LogP contribution in [0.25, 0.3) is 11.3 Å². The molecule has 0 aliphatic carbocycles. The highest BCUT2D eigenvalue weighted by molar-refractivity contribution is 6.43. The number of hydrogen-bond donors (Lipinski definition) is 0. The van der Waals surface area contributed by atoms with Crippen molar-refractivity contribution in [1.82, 2.24) is 9.78 Å². The summed E-state index contributed by atoms with van der Waals surface area (Å²) in [6, 6.07) is 7.46. The first kappa shape index (κ1) is 9.56. The molecule has 14 heavy (non-hydrogen) atoms. The van der Waals surface area contributed by atoms with Crippen molar-refractivity contribution < 1.29 is 0 Å². The number of nitrogens with zero attached hydrogens (tertiary/aromatic N) is 2. The van der Waals surface area contributed by atoms with Crippen LogP contribution in [0.3, 0.4) is 0 Å². The van der Waals surface area contributed by atoms with E-state index in [0.717, 1.165) is 11.3 Å². The lowest BCUT2D eigenvalue weighted by molar-refractivity contribution is 0.776. The molecule has 0 aliphatic rings. The number of hydrogen-bond acceptors (Lipinski definition) is 1. The molecular weight excluding hydrogens is 219 g/mol. The summed E-state index contributed by atoms with van der Waals surface area (Å²) < 4.78 is 1.76. The predicted octanol–water partition coefficient (Wildman–Crippen LogP) is 3.39. The zero-order valence-corrected chi connectivity index (χ0v) is 9.05. The Morgan fingerprint density at radius 2 is 2.00 bits per heavy atom. The first-order chi connectivity index (χ1) is 6.70. The maximum Gasteiger partial charge on any atom is 0.0694 e. The van der Waals surface area contributed by atoms with Gasteiger partial charge in [-0.1, -0.05) is 35.3 Å². The van der Waals surface area contributed by atoms with E-state index >= 15 is 0 Å². The first-order valence-electron chi connectivity index (χ1n) is 4.12. The van der Waals surface area contributed by atoms with Gasteiger partial charge in [0.05, 0.1) is 15.7 Å². The van der Waals surface area contributed by atoms with Crippen molar-refractivity contribution in [3.63, 3.8) is 0 Å². The molecule has 1 aromatic carbocycles. The highest BCUT2D eigenvalue weighted by atomic mass is 35.5. The molecule has 0 spiro atoms. The molecule has 0 radical (unpaired) electrons. The van der Waals surface area contributed by atoms with Crippen molar-refractivity contribution >= 4 is 23.2 Å². The molecule has 0 saturated heterocycles. The Hall–Kier alpha value is -0.990. The second-order valence-electron chi connectivity index (χ2n) is 2.94. The first-order valence-corrected chi connectivity index (χ1v) is 4.88. The van der Waals surface area contributed by atoms with Gasteiger partial charge in [-0.25, -0.2) is 0 Å². The van der Waals surface area contributed by atoms with Gasteiger partial charge in [-0.2, -0.15) is 5.10 Å². The van der Waals surface area contributed by atoms with E-state index in [9.17, 15) is 0 Å². The minimum Gasteiger partial charge on any atom is -0.268 e. The molecule has 0 atom stereocenters. The van der Waals surface area contributed by atoms with Crippen molar-refractivity contribution in [2.75, 3.05) is 0 Å². The summed E-state index contributed by atoms with van der Waals surface area (Å²) in [5.74, 6) is 0. The number of aromatic nitrogens is 2. The van der Waals surface area contributed by atoms with Gasteiger partial charge >= 0.3 is 0 Å². The van der Waals surface area contributed by atoms with Gasteiger partial charge in [0.25, 0.3) is 0 Å². The largest absolute Gasteiger partial charge is 0.268 e. The summed E-state index contributed by atoms with van der Waals surface area (Å²) in [6.45, 7) is 0. The molecule has 0 saturated carbocycles. The van der Waals surface area contributed by atoms with E-state index in [1.54, 1.807) is 16.9 Å². The third-order valence-corrected chi connectivity index (χ3v) is 2.87. The zero-order valence-electron chi connectivity index (χ0n) is 7.54. The van der Waals surface area contributed by atoms with Crippen molar-refractivity contribution in [2.45, 2.75) is 0 Å². The minimum absolute atomic E-state index is 0.561. The number of aryl methyl sites for hydroxylation is 1. The van der Waals surface area contributed by atoms with E-state index in [0.29, 0.717) is 10.0 Å². The maximum absolute atomic E-state index is 6.08. The molecule has 1 heterocycles. The second kappa shape index (κ2) is 3.64. The van der Waals surface area contributed by atoms with E-state index < -0.39 is 0 Å². The van der Waals surface area contributed by atoms with Crippen LogP contribution >= 0.6 is 23.2 Å². The Kier molecular flexibility index (Phi) is 2.48. The van der Waals surface area contributed by atoms with Crippen molar-refractivity contribution in [3.8, 4) is 11.3 Å². The van der Waals surface area contributed by atoms with Gasteiger partial charge in [0, 0.05) is 18.8 Å². The van der Waals surface area contributed by atoms with Crippen LogP contribution in [0.2, 0.25) is 10.0 Å². The standard InChI is InChI=1S/C10H8Cl2N2/c1-14-9(5-6-13-14)7-3-2-4-8(11)10(7)12/h2-6H,1H3. The van der Waals surface area contributed by atoms with Crippen LogP contribution in [0.1, 0.15) is 0 Å². The molecule has 2 nitrogen and oxygen atoms in total.